The Morgan fingerprint density at radius 3 is 2.53 bits per heavy atom. The predicted octanol–water partition coefficient (Wildman–Crippen LogP) is 1.25. The number of benzene rings is 2. The topological polar surface area (TPSA) is 103 Å². The van der Waals surface area contributed by atoms with E-state index in [2.05, 4.69) is 27.8 Å². The Morgan fingerprint density at radius 2 is 1.81 bits per heavy atom. The Bertz CT molecular complexity index is 1160. The molecule has 2 aromatic rings. The second kappa shape index (κ2) is 9.79. The Hall–Kier alpha value is -3.63. The van der Waals surface area contributed by atoms with Gasteiger partial charge in [0.15, 0.2) is 0 Å². The van der Waals surface area contributed by atoms with Crippen molar-refractivity contribution in [1.82, 2.24) is 25.6 Å². The van der Waals surface area contributed by atoms with Crippen molar-refractivity contribution in [3.05, 3.63) is 59.2 Å². The molecule has 4 amide bonds. The maximum absolute atomic E-state index is 13.1. The highest BCUT2D eigenvalue weighted by Crippen LogP contribution is 2.29. The normalized spacial score (nSPS) is 22.2. The fourth-order valence-corrected chi connectivity index (χ4v) is 4.93. The van der Waals surface area contributed by atoms with E-state index < -0.39 is 23.4 Å². The molecule has 36 heavy (non-hydrogen) atoms. The summed E-state index contributed by atoms with van der Waals surface area (Å²) in [6, 6.07) is 12.6. The summed E-state index contributed by atoms with van der Waals surface area (Å²) in [5.74, 6) is 0.704. The number of methoxy groups -OCH3 is 1. The van der Waals surface area contributed by atoms with Crippen LogP contribution in [-0.4, -0.2) is 79.1 Å². The van der Waals surface area contributed by atoms with Gasteiger partial charge in [-0.25, -0.2) is 4.79 Å². The average Bonchev–Trinajstić information content (AvgIpc) is 3.43. The molecule has 0 bridgehead atoms. The van der Waals surface area contributed by atoms with E-state index in [1.165, 1.54) is 11.1 Å². The quantitative estimate of drug-likeness (QED) is 0.560. The average molecular weight is 494 g/mol. The van der Waals surface area contributed by atoms with E-state index in [4.69, 9.17) is 9.47 Å². The summed E-state index contributed by atoms with van der Waals surface area (Å²) < 4.78 is 10.7. The van der Waals surface area contributed by atoms with E-state index in [1.807, 2.05) is 11.0 Å². The number of piperazine rings is 1. The van der Waals surface area contributed by atoms with E-state index in [-0.39, 0.29) is 6.54 Å². The van der Waals surface area contributed by atoms with Crippen molar-refractivity contribution in [2.24, 2.45) is 0 Å². The third-order valence-corrected chi connectivity index (χ3v) is 7.09. The van der Waals surface area contributed by atoms with Crippen LogP contribution in [0.25, 0.3) is 0 Å². The molecule has 0 saturated carbocycles. The van der Waals surface area contributed by atoms with Crippen LogP contribution in [0.15, 0.2) is 42.5 Å². The molecule has 1 atom stereocenters. The minimum absolute atomic E-state index is 0.111. The van der Waals surface area contributed by atoms with Crippen LogP contribution in [0.1, 0.15) is 23.6 Å². The molecule has 10 nitrogen and oxygen atoms in total. The molecule has 3 heterocycles. The summed E-state index contributed by atoms with van der Waals surface area (Å²) in [4.78, 5) is 42.7. The second-order valence-corrected chi connectivity index (χ2v) is 9.55. The molecular weight excluding hydrogens is 462 g/mol. The van der Waals surface area contributed by atoms with Gasteiger partial charge < -0.3 is 14.8 Å². The highest BCUT2D eigenvalue weighted by Gasteiger charge is 2.50. The highest BCUT2D eigenvalue weighted by molar-refractivity contribution is 6.08. The van der Waals surface area contributed by atoms with Gasteiger partial charge in [0, 0.05) is 39.1 Å². The second-order valence-electron chi connectivity index (χ2n) is 9.55. The van der Waals surface area contributed by atoms with Crippen molar-refractivity contribution in [2.45, 2.75) is 25.4 Å². The Kier molecular flexibility index (Phi) is 6.55. The number of imide groups is 1. The first kappa shape index (κ1) is 24.1. The largest absolute Gasteiger partial charge is 0.497 e. The number of carbonyl (C=O) groups excluding carboxylic acids is 3. The number of hydrazine groups is 1. The van der Waals surface area contributed by atoms with E-state index in [0.717, 1.165) is 56.5 Å². The zero-order valence-corrected chi connectivity index (χ0v) is 20.6. The number of hydrogen-bond acceptors (Lipinski definition) is 7. The molecule has 2 fully saturated rings. The lowest BCUT2D eigenvalue weighted by Crippen LogP contribution is -2.53. The number of nitrogens with one attached hydrogen (secondary N) is 2. The molecule has 0 aromatic heterocycles. The molecule has 10 heteroatoms. The number of carbonyl (C=O) groups is 3. The molecule has 190 valence electrons. The van der Waals surface area contributed by atoms with Gasteiger partial charge in [-0.15, -0.1) is 0 Å². The van der Waals surface area contributed by atoms with E-state index >= 15 is 0 Å². The van der Waals surface area contributed by atoms with E-state index in [9.17, 15) is 14.4 Å². The summed E-state index contributed by atoms with van der Waals surface area (Å²) in [5.41, 5.74) is 4.36. The Balaban J connectivity index is 1.12. The van der Waals surface area contributed by atoms with Gasteiger partial charge in [0.05, 0.1) is 20.3 Å². The number of ether oxygens (including phenoxy) is 2. The Morgan fingerprint density at radius 1 is 1.08 bits per heavy atom. The number of urea groups is 1. The Labute approximate surface area is 210 Å². The van der Waals surface area contributed by atoms with Crippen molar-refractivity contribution in [3.8, 4) is 11.5 Å². The number of fused-ring (bicyclic) bond motifs is 1. The van der Waals surface area contributed by atoms with Crippen LogP contribution in [0.4, 0.5) is 4.79 Å². The molecule has 5 rings (SSSR count). The predicted molar refractivity (Wildman–Crippen MR) is 131 cm³/mol. The van der Waals surface area contributed by atoms with Gasteiger partial charge >= 0.3 is 6.03 Å². The van der Waals surface area contributed by atoms with Crippen molar-refractivity contribution < 1.29 is 23.9 Å². The van der Waals surface area contributed by atoms with E-state index in [0.29, 0.717) is 11.3 Å². The third-order valence-electron chi connectivity index (χ3n) is 7.09. The van der Waals surface area contributed by atoms with Gasteiger partial charge in [-0.2, -0.15) is 5.01 Å². The van der Waals surface area contributed by atoms with Gasteiger partial charge in [0.2, 0.25) is 0 Å². The first-order valence-electron chi connectivity index (χ1n) is 12.2. The molecule has 2 N–H and O–H groups in total. The summed E-state index contributed by atoms with van der Waals surface area (Å²) in [7, 11) is 1.56. The zero-order valence-electron chi connectivity index (χ0n) is 20.6. The van der Waals surface area contributed by atoms with Gasteiger partial charge in [-0.1, -0.05) is 24.3 Å². The molecule has 0 spiro atoms. The van der Waals surface area contributed by atoms with Gasteiger partial charge in [0.1, 0.15) is 17.0 Å². The van der Waals surface area contributed by atoms with Crippen LogP contribution in [0.2, 0.25) is 0 Å². The van der Waals surface area contributed by atoms with Crippen molar-refractivity contribution in [1.29, 1.82) is 0 Å². The van der Waals surface area contributed by atoms with Crippen LogP contribution in [0, 0.1) is 0 Å². The van der Waals surface area contributed by atoms with Gasteiger partial charge in [0.25, 0.3) is 11.8 Å². The lowest BCUT2D eigenvalue weighted by atomic mass is 9.92. The SMILES string of the molecule is COc1ccc(C2(C)NC(=O)N(NC(=O)CN3CCN(Cc4ccc5c(c4)CCO5)CC3)C2=O)cc1. The fraction of sp³-hybridized carbons (Fsp3) is 0.423. The lowest BCUT2D eigenvalue weighted by Gasteiger charge is -2.34. The molecule has 3 aliphatic rings. The first-order valence-corrected chi connectivity index (χ1v) is 12.2. The van der Waals surface area contributed by atoms with Crippen molar-refractivity contribution in [2.75, 3.05) is 46.4 Å². The lowest BCUT2D eigenvalue weighted by molar-refractivity contribution is -0.139. The first-order chi connectivity index (χ1) is 17.4. The molecule has 2 aromatic carbocycles. The number of nitrogens with zero attached hydrogens (tertiary/aromatic N) is 3. The van der Waals surface area contributed by atoms with Crippen LogP contribution >= 0.6 is 0 Å². The summed E-state index contributed by atoms with van der Waals surface area (Å²) in [6.45, 7) is 6.47. The smallest absolute Gasteiger partial charge is 0.344 e. The molecule has 0 aliphatic carbocycles. The van der Waals surface area contributed by atoms with Crippen LogP contribution in [-0.2, 0) is 28.1 Å². The van der Waals surface area contributed by atoms with E-state index in [1.54, 1.807) is 38.3 Å². The highest BCUT2D eigenvalue weighted by atomic mass is 16.5. The molecule has 3 aliphatic heterocycles. The van der Waals surface area contributed by atoms with Crippen LogP contribution in [0.5, 0.6) is 11.5 Å². The summed E-state index contributed by atoms with van der Waals surface area (Å²) >= 11 is 0. The zero-order chi connectivity index (χ0) is 25.3. The maximum Gasteiger partial charge on any atom is 0.344 e. The summed E-state index contributed by atoms with van der Waals surface area (Å²) in [5, 5.41) is 3.47. The fourth-order valence-electron chi connectivity index (χ4n) is 4.93. The molecule has 1 unspecified atom stereocenters. The standard InChI is InChI=1S/C26H31N5O5/c1-26(20-4-6-21(35-2)7-5-20)24(33)31(25(34)27-26)28-23(32)17-30-12-10-29(11-13-30)16-18-3-8-22-19(15-18)9-14-36-22/h3-8,15H,9-14,16-17H2,1-2H3,(H,27,34)(H,28,32). The minimum Gasteiger partial charge on any atom is -0.497 e. The number of hydrogen-bond donors (Lipinski definition) is 2. The van der Waals surface area contributed by atoms with Crippen molar-refractivity contribution >= 4 is 17.8 Å². The number of rotatable bonds is 7. The third kappa shape index (κ3) is 4.74. The minimum atomic E-state index is -1.27. The van der Waals surface area contributed by atoms with Gasteiger partial charge in [-0.05, 0) is 41.8 Å². The van der Waals surface area contributed by atoms with Gasteiger partial charge in [-0.3, -0.25) is 24.8 Å². The molecular formula is C26H31N5O5. The monoisotopic (exact) mass is 493 g/mol. The maximum atomic E-state index is 13.1. The molecule has 2 saturated heterocycles. The number of amides is 4. The van der Waals surface area contributed by atoms with Crippen molar-refractivity contribution in [3.63, 3.8) is 0 Å². The molecule has 0 radical (unpaired) electrons. The summed E-state index contributed by atoms with van der Waals surface area (Å²) in [6.07, 6.45) is 0.961. The van der Waals surface area contributed by atoms with Crippen LogP contribution < -0.4 is 20.2 Å². The van der Waals surface area contributed by atoms with Crippen LogP contribution in [0.3, 0.4) is 0 Å².